The molecule has 0 saturated carbocycles. The van der Waals surface area contributed by atoms with E-state index < -0.39 is 0 Å². The van der Waals surface area contributed by atoms with Crippen LogP contribution < -0.4 is 11.1 Å². The van der Waals surface area contributed by atoms with Crippen molar-refractivity contribution in [3.05, 3.63) is 64.4 Å². The monoisotopic (exact) mass is 457 g/mol. The lowest BCUT2D eigenvalue weighted by molar-refractivity contribution is -0.124. The first-order valence-corrected chi connectivity index (χ1v) is 11.8. The zero-order valence-electron chi connectivity index (χ0n) is 18.0. The molecule has 2 fully saturated rings. The van der Waals surface area contributed by atoms with E-state index in [2.05, 4.69) is 22.3 Å². The average Bonchev–Trinajstić information content (AvgIpc) is 2.79. The Morgan fingerprint density at radius 1 is 1.16 bits per heavy atom. The average molecular weight is 458 g/mol. The number of nitrogens with one attached hydrogen (secondary N) is 1. The molecule has 3 heterocycles. The predicted molar refractivity (Wildman–Crippen MR) is 123 cm³/mol. The van der Waals surface area contributed by atoms with E-state index in [1.54, 1.807) is 0 Å². The van der Waals surface area contributed by atoms with Gasteiger partial charge >= 0.3 is 0 Å². The van der Waals surface area contributed by atoms with Gasteiger partial charge < -0.3 is 20.7 Å². The Morgan fingerprint density at radius 3 is 2.62 bits per heavy atom. The lowest BCUT2D eigenvalue weighted by Gasteiger charge is -2.46. The molecule has 0 spiro atoms. The van der Waals surface area contributed by atoms with Crippen molar-refractivity contribution in [1.29, 1.82) is 0 Å². The third-order valence-corrected chi connectivity index (χ3v) is 7.50. The van der Waals surface area contributed by atoms with Gasteiger partial charge in [0, 0.05) is 29.0 Å². The molecule has 0 radical (unpaired) electrons. The fraction of sp³-hybridized carbons (Fsp3) is 0.480. The van der Waals surface area contributed by atoms with Crippen LogP contribution >= 0.6 is 11.6 Å². The van der Waals surface area contributed by atoms with Gasteiger partial charge in [0.05, 0.1) is 23.9 Å². The van der Waals surface area contributed by atoms with E-state index in [-0.39, 0.29) is 41.8 Å². The first-order chi connectivity index (χ1) is 15.5. The van der Waals surface area contributed by atoms with Crippen molar-refractivity contribution < 1.29 is 13.9 Å². The highest BCUT2D eigenvalue weighted by Gasteiger charge is 2.43. The molecule has 2 saturated heterocycles. The van der Waals surface area contributed by atoms with Gasteiger partial charge in [-0.2, -0.15) is 0 Å². The zero-order valence-corrected chi connectivity index (χ0v) is 18.7. The number of fused-ring (bicyclic) bond motifs is 3. The van der Waals surface area contributed by atoms with E-state index in [0.717, 1.165) is 56.4 Å². The molecule has 1 amide bonds. The number of ether oxygens (including phenoxy) is 1. The number of carbonyl (C=O) groups excluding carboxylic acids is 1. The Balaban J connectivity index is 1.37. The topological polar surface area (TPSA) is 67.6 Å². The molecule has 2 aromatic carbocycles. The van der Waals surface area contributed by atoms with Gasteiger partial charge in [0.1, 0.15) is 5.82 Å². The fourth-order valence-electron chi connectivity index (χ4n) is 5.60. The number of likely N-dealkylation sites (tertiary alicyclic amines) is 1. The van der Waals surface area contributed by atoms with Crippen LogP contribution in [-0.2, 0) is 9.53 Å². The highest BCUT2D eigenvalue weighted by Crippen LogP contribution is 2.51. The van der Waals surface area contributed by atoms with Gasteiger partial charge in [0.15, 0.2) is 0 Å². The lowest BCUT2D eigenvalue weighted by Crippen LogP contribution is -2.46. The summed E-state index contributed by atoms with van der Waals surface area (Å²) >= 11 is 6.23. The Morgan fingerprint density at radius 2 is 1.91 bits per heavy atom. The first-order valence-electron chi connectivity index (χ1n) is 11.5. The number of benzene rings is 2. The van der Waals surface area contributed by atoms with Gasteiger partial charge in [0.25, 0.3) is 0 Å². The van der Waals surface area contributed by atoms with Crippen LogP contribution in [0.4, 0.5) is 10.1 Å². The van der Waals surface area contributed by atoms with E-state index in [1.165, 1.54) is 6.07 Å². The molecule has 0 bridgehead atoms. The number of rotatable bonds is 4. The normalized spacial score (nSPS) is 28.4. The summed E-state index contributed by atoms with van der Waals surface area (Å²) in [6.07, 6.45) is 3.38. The molecule has 0 aromatic heterocycles. The smallest absolute Gasteiger partial charge is 0.220 e. The second-order valence-electron chi connectivity index (χ2n) is 9.28. The molecule has 170 valence electrons. The van der Waals surface area contributed by atoms with Crippen molar-refractivity contribution in [2.75, 3.05) is 25.0 Å². The molecule has 32 heavy (non-hydrogen) atoms. The molecule has 3 aliphatic rings. The molecule has 0 aliphatic carbocycles. The number of nitrogens with zero attached hydrogens (tertiary/aromatic N) is 1. The molecule has 5 nitrogen and oxygen atoms in total. The summed E-state index contributed by atoms with van der Waals surface area (Å²) in [5, 5.41) is 3.84. The van der Waals surface area contributed by atoms with E-state index in [1.807, 2.05) is 24.3 Å². The highest BCUT2D eigenvalue weighted by atomic mass is 35.5. The summed E-state index contributed by atoms with van der Waals surface area (Å²) < 4.78 is 21.6. The van der Waals surface area contributed by atoms with Crippen molar-refractivity contribution in [2.45, 2.75) is 43.9 Å². The van der Waals surface area contributed by atoms with Gasteiger partial charge in [-0.1, -0.05) is 41.9 Å². The Kier molecular flexibility index (Phi) is 6.10. The Hall–Kier alpha value is -2.15. The molecular weight excluding hydrogens is 429 g/mol. The van der Waals surface area contributed by atoms with E-state index >= 15 is 0 Å². The van der Waals surface area contributed by atoms with Crippen LogP contribution in [0.2, 0.25) is 5.02 Å². The zero-order chi connectivity index (χ0) is 22.2. The predicted octanol–water partition coefficient (Wildman–Crippen LogP) is 4.68. The molecule has 0 unspecified atom stereocenters. The van der Waals surface area contributed by atoms with Crippen LogP contribution in [0, 0.1) is 17.7 Å². The van der Waals surface area contributed by atoms with Crippen LogP contribution in [-0.4, -0.2) is 36.5 Å². The molecule has 5 rings (SSSR count). The molecular formula is C25H29ClFN3O2. The van der Waals surface area contributed by atoms with Crippen LogP contribution in [0.15, 0.2) is 42.5 Å². The SMILES string of the molecule is NC(=O)C1CCN(C[C@H]2CC[C@@H]3[C@H](O2)c2cc(Cl)cc(F)c2N[C@H]3c2ccccc2)CC1. The lowest BCUT2D eigenvalue weighted by atomic mass is 9.76. The Bertz CT molecular complexity index is 981. The summed E-state index contributed by atoms with van der Waals surface area (Å²) in [5.41, 5.74) is 7.91. The maximum Gasteiger partial charge on any atom is 0.220 e. The first kappa shape index (κ1) is 21.7. The summed E-state index contributed by atoms with van der Waals surface area (Å²) in [6.45, 7) is 2.52. The van der Waals surface area contributed by atoms with Gasteiger partial charge in [0.2, 0.25) is 5.91 Å². The van der Waals surface area contributed by atoms with Crippen LogP contribution in [0.1, 0.15) is 49.0 Å². The van der Waals surface area contributed by atoms with Gasteiger partial charge in [-0.3, -0.25) is 4.79 Å². The number of halogens is 2. The van der Waals surface area contributed by atoms with Crippen LogP contribution in [0.5, 0.6) is 0 Å². The Labute approximate surface area is 193 Å². The standard InChI is InChI=1S/C25H29ClFN3O2/c26-17-12-20-23(21(27)13-17)29-22(15-4-2-1-3-5-15)19-7-6-18(32-24(19)20)14-30-10-8-16(9-11-30)25(28)31/h1-5,12-13,16,18-19,22,24,29H,6-11,14H2,(H2,28,31)/t18-,19+,22+,24+/m1/s1. The quantitative estimate of drug-likeness (QED) is 0.699. The summed E-state index contributed by atoms with van der Waals surface area (Å²) in [4.78, 5) is 13.8. The summed E-state index contributed by atoms with van der Waals surface area (Å²) in [6, 6.07) is 13.4. The molecule has 2 aromatic rings. The summed E-state index contributed by atoms with van der Waals surface area (Å²) in [5.74, 6) is -0.361. The number of hydrogen-bond acceptors (Lipinski definition) is 4. The van der Waals surface area contributed by atoms with E-state index in [9.17, 15) is 9.18 Å². The van der Waals surface area contributed by atoms with Crippen molar-refractivity contribution in [3.63, 3.8) is 0 Å². The number of nitrogens with two attached hydrogens (primary N) is 1. The van der Waals surface area contributed by atoms with Crippen molar-refractivity contribution in [3.8, 4) is 0 Å². The van der Waals surface area contributed by atoms with E-state index in [4.69, 9.17) is 22.1 Å². The maximum absolute atomic E-state index is 14.9. The van der Waals surface area contributed by atoms with Crippen molar-refractivity contribution in [1.82, 2.24) is 4.90 Å². The van der Waals surface area contributed by atoms with Crippen LogP contribution in [0.3, 0.4) is 0 Å². The third-order valence-electron chi connectivity index (χ3n) is 7.28. The largest absolute Gasteiger partial charge is 0.375 e. The van der Waals surface area contributed by atoms with Crippen molar-refractivity contribution >= 4 is 23.2 Å². The molecule has 3 N–H and O–H groups in total. The summed E-state index contributed by atoms with van der Waals surface area (Å²) in [7, 11) is 0. The highest BCUT2D eigenvalue weighted by molar-refractivity contribution is 6.30. The van der Waals surface area contributed by atoms with Crippen molar-refractivity contribution in [2.24, 2.45) is 17.6 Å². The maximum atomic E-state index is 14.9. The van der Waals surface area contributed by atoms with Crippen LogP contribution in [0.25, 0.3) is 0 Å². The van der Waals surface area contributed by atoms with Gasteiger partial charge in [-0.05, 0) is 56.5 Å². The molecule has 3 aliphatic heterocycles. The molecule has 4 atom stereocenters. The second kappa shape index (κ2) is 9.00. The number of primary amides is 1. The number of amides is 1. The van der Waals surface area contributed by atoms with Gasteiger partial charge in [-0.15, -0.1) is 0 Å². The third kappa shape index (κ3) is 4.24. The second-order valence-corrected chi connectivity index (χ2v) is 9.72. The number of carbonyl (C=O) groups is 1. The minimum atomic E-state index is -0.342. The number of hydrogen-bond donors (Lipinski definition) is 2. The fourth-order valence-corrected chi connectivity index (χ4v) is 5.81. The van der Waals surface area contributed by atoms with Gasteiger partial charge in [-0.25, -0.2) is 4.39 Å². The number of piperidine rings is 1. The van der Waals surface area contributed by atoms with E-state index in [0.29, 0.717) is 10.7 Å². The minimum Gasteiger partial charge on any atom is -0.375 e. The minimum absolute atomic E-state index is 0.0170. The molecule has 7 heteroatoms. The number of anilines is 1.